The number of carboxylic acid groups (broad SMARTS) is 1. The molecule has 1 aliphatic heterocycles. The monoisotopic (exact) mass is 277 g/mol. The molecule has 6 heteroatoms. The molecule has 1 aromatic rings. The molecular formula is C14H15NO5. The van der Waals surface area contributed by atoms with Crippen molar-refractivity contribution in [1.29, 1.82) is 0 Å². The summed E-state index contributed by atoms with van der Waals surface area (Å²) in [7, 11) is 0. The predicted molar refractivity (Wildman–Crippen MR) is 70.6 cm³/mol. The van der Waals surface area contributed by atoms with Gasteiger partial charge in [-0.05, 0) is 25.0 Å². The number of carbonyl (C=O) groups is 3. The number of benzene rings is 1. The minimum absolute atomic E-state index is 0.0607. The number of carboxylic acids is 1. The number of rotatable bonds is 2. The van der Waals surface area contributed by atoms with E-state index in [2.05, 4.69) is 0 Å². The lowest BCUT2D eigenvalue weighted by molar-refractivity contribution is -0.127. The molecule has 0 atom stereocenters. The van der Waals surface area contributed by atoms with E-state index in [0.29, 0.717) is 12.8 Å². The van der Waals surface area contributed by atoms with Crippen molar-refractivity contribution < 1.29 is 24.6 Å². The SMILES string of the molecule is O=C(O)c1c(O)cccc1N1C(=O)CCCCCC1=O. The second-order valence-electron chi connectivity index (χ2n) is 4.66. The first kappa shape index (κ1) is 14.0. The number of hydrogen-bond acceptors (Lipinski definition) is 4. The second-order valence-corrected chi connectivity index (χ2v) is 4.66. The fraction of sp³-hybridized carbons (Fsp3) is 0.357. The first-order chi connectivity index (χ1) is 9.52. The molecule has 1 aliphatic rings. The highest BCUT2D eigenvalue weighted by Gasteiger charge is 2.29. The third-order valence-corrected chi connectivity index (χ3v) is 3.26. The van der Waals surface area contributed by atoms with E-state index in [4.69, 9.17) is 5.11 Å². The van der Waals surface area contributed by atoms with Gasteiger partial charge in [0.25, 0.3) is 0 Å². The third kappa shape index (κ3) is 2.64. The van der Waals surface area contributed by atoms with Crippen LogP contribution in [0.25, 0.3) is 0 Å². The molecule has 0 radical (unpaired) electrons. The van der Waals surface area contributed by atoms with Gasteiger partial charge in [-0.1, -0.05) is 12.5 Å². The minimum Gasteiger partial charge on any atom is -0.507 e. The molecule has 0 saturated carbocycles. The van der Waals surface area contributed by atoms with Gasteiger partial charge in [0.2, 0.25) is 11.8 Å². The molecule has 1 aromatic carbocycles. The Morgan fingerprint density at radius 2 is 1.65 bits per heavy atom. The molecule has 0 aromatic heterocycles. The molecule has 2 amide bonds. The van der Waals surface area contributed by atoms with E-state index in [1.165, 1.54) is 18.2 Å². The number of phenols is 1. The van der Waals surface area contributed by atoms with Gasteiger partial charge in [-0.25, -0.2) is 9.69 Å². The molecule has 0 aliphatic carbocycles. The average Bonchev–Trinajstić information content (AvgIpc) is 2.36. The smallest absolute Gasteiger partial charge is 0.341 e. The first-order valence-electron chi connectivity index (χ1n) is 6.43. The zero-order valence-electron chi connectivity index (χ0n) is 10.8. The molecule has 0 spiro atoms. The van der Waals surface area contributed by atoms with Crippen LogP contribution in [0.4, 0.5) is 5.69 Å². The van der Waals surface area contributed by atoms with Crippen LogP contribution in [-0.2, 0) is 9.59 Å². The summed E-state index contributed by atoms with van der Waals surface area (Å²) in [4.78, 5) is 36.3. The first-order valence-corrected chi connectivity index (χ1v) is 6.43. The van der Waals surface area contributed by atoms with Crippen molar-refractivity contribution >= 4 is 23.5 Å². The average molecular weight is 277 g/mol. The summed E-state index contributed by atoms with van der Waals surface area (Å²) in [6.45, 7) is 0. The molecule has 20 heavy (non-hydrogen) atoms. The zero-order chi connectivity index (χ0) is 14.7. The Bertz CT molecular complexity index is 549. The van der Waals surface area contributed by atoms with Crippen LogP contribution < -0.4 is 4.90 Å². The van der Waals surface area contributed by atoms with Crippen LogP contribution in [0.3, 0.4) is 0 Å². The number of hydrogen-bond donors (Lipinski definition) is 2. The molecule has 6 nitrogen and oxygen atoms in total. The molecular weight excluding hydrogens is 262 g/mol. The Balaban J connectivity index is 2.51. The van der Waals surface area contributed by atoms with Crippen LogP contribution in [-0.4, -0.2) is 28.0 Å². The van der Waals surface area contributed by atoms with Gasteiger partial charge in [0.15, 0.2) is 0 Å². The van der Waals surface area contributed by atoms with Crippen LogP contribution in [0.2, 0.25) is 0 Å². The lowest BCUT2D eigenvalue weighted by atomic mass is 10.0. The van der Waals surface area contributed by atoms with Crippen molar-refractivity contribution in [3.63, 3.8) is 0 Å². The predicted octanol–water partition coefficient (Wildman–Crippen LogP) is 1.91. The molecule has 1 fully saturated rings. The maximum absolute atomic E-state index is 12.1. The topological polar surface area (TPSA) is 94.9 Å². The van der Waals surface area contributed by atoms with Gasteiger partial charge in [0, 0.05) is 12.8 Å². The molecule has 2 rings (SSSR count). The van der Waals surface area contributed by atoms with Crippen LogP contribution in [0, 0.1) is 0 Å². The van der Waals surface area contributed by atoms with E-state index in [1.54, 1.807) is 0 Å². The van der Waals surface area contributed by atoms with E-state index in [9.17, 15) is 19.5 Å². The summed E-state index contributed by atoms with van der Waals surface area (Å²) in [5.41, 5.74) is -0.482. The molecule has 1 heterocycles. The maximum Gasteiger partial charge on any atom is 0.341 e. The van der Waals surface area contributed by atoms with Crippen LogP contribution in [0.5, 0.6) is 5.75 Å². The number of anilines is 1. The maximum atomic E-state index is 12.1. The van der Waals surface area contributed by atoms with Gasteiger partial charge in [-0.3, -0.25) is 9.59 Å². The van der Waals surface area contributed by atoms with Crippen LogP contribution in [0.15, 0.2) is 18.2 Å². The van der Waals surface area contributed by atoms with E-state index in [0.717, 1.165) is 11.3 Å². The molecule has 106 valence electrons. The lowest BCUT2D eigenvalue weighted by Gasteiger charge is -2.24. The number of nitrogens with zero attached hydrogens (tertiary/aromatic N) is 1. The van der Waals surface area contributed by atoms with Crippen molar-refractivity contribution in [2.45, 2.75) is 32.1 Å². The molecule has 2 N–H and O–H groups in total. The fourth-order valence-corrected chi connectivity index (χ4v) is 2.29. The fourth-order valence-electron chi connectivity index (χ4n) is 2.29. The second kappa shape index (κ2) is 5.73. The lowest BCUT2D eigenvalue weighted by Crippen LogP contribution is -2.38. The Morgan fingerprint density at radius 3 is 2.20 bits per heavy atom. The quantitative estimate of drug-likeness (QED) is 0.805. The summed E-state index contributed by atoms with van der Waals surface area (Å²) in [5.74, 6) is -2.69. The summed E-state index contributed by atoms with van der Waals surface area (Å²) < 4.78 is 0. The van der Waals surface area contributed by atoms with Gasteiger partial charge in [-0.2, -0.15) is 0 Å². The summed E-state index contributed by atoms with van der Waals surface area (Å²) in [6, 6.07) is 3.99. The number of aromatic hydroxyl groups is 1. The van der Waals surface area contributed by atoms with Crippen molar-refractivity contribution in [1.82, 2.24) is 0 Å². The van der Waals surface area contributed by atoms with Crippen LogP contribution in [0.1, 0.15) is 42.5 Å². The highest BCUT2D eigenvalue weighted by Crippen LogP contribution is 2.30. The minimum atomic E-state index is -1.37. The van der Waals surface area contributed by atoms with Crippen molar-refractivity contribution in [3.05, 3.63) is 23.8 Å². The molecule has 1 saturated heterocycles. The van der Waals surface area contributed by atoms with Crippen molar-refractivity contribution in [2.24, 2.45) is 0 Å². The largest absolute Gasteiger partial charge is 0.507 e. The van der Waals surface area contributed by atoms with E-state index < -0.39 is 29.1 Å². The normalized spacial score (nSPS) is 16.7. The summed E-state index contributed by atoms with van der Waals surface area (Å²) >= 11 is 0. The van der Waals surface area contributed by atoms with Crippen LogP contribution >= 0.6 is 0 Å². The van der Waals surface area contributed by atoms with Gasteiger partial charge in [-0.15, -0.1) is 0 Å². The zero-order valence-corrected chi connectivity index (χ0v) is 10.8. The number of imide groups is 1. The van der Waals surface area contributed by atoms with Gasteiger partial charge in [0.05, 0.1) is 5.69 Å². The van der Waals surface area contributed by atoms with E-state index in [-0.39, 0.29) is 18.5 Å². The Labute approximate surface area is 115 Å². The summed E-state index contributed by atoms with van der Waals surface area (Å²) in [6.07, 6.45) is 2.53. The Morgan fingerprint density at radius 1 is 1.05 bits per heavy atom. The standard InChI is InChI=1S/C14H15NO5/c16-10-6-4-5-9(13(10)14(19)20)15-11(17)7-2-1-3-8-12(15)18/h4-6,16H,1-3,7-8H2,(H,19,20). The molecule has 0 unspecified atom stereocenters. The van der Waals surface area contributed by atoms with Gasteiger partial charge < -0.3 is 10.2 Å². The number of aromatic carboxylic acids is 1. The Kier molecular flexibility index (Phi) is 4.02. The van der Waals surface area contributed by atoms with Crippen molar-refractivity contribution in [2.75, 3.05) is 4.90 Å². The summed E-state index contributed by atoms with van der Waals surface area (Å²) in [5, 5.41) is 18.8. The molecule has 0 bridgehead atoms. The third-order valence-electron chi connectivity index (χ3n) is 3.26. The number of carbonyl (C=O) groups excluding carboxylic acids is 2. The Hall–Kier alpha value is -2.37. The highest BCUT2D eigenvalue weighted by atomic mass is 16.4. The van der Waals surface area contributed by atoms with Gasteiger partial charge in [0.1, 0.15) is 11.3 Å². The van der Waals surface area contributed by atoms with E-state index >= 15 is 0 Å². The van der Waals surface area contributed by atoms with E-state index in [1.807, 2.05) is 0 Å². The highest BCUT2D eigenvalue weighted by molar-refractivity contribution is 6.18. The van der Waals surface area contributed by atoms with Crippen molar-refractivity contribution in [3.8, 4) is 5.75 Å². The number of amides is 2. The van der Waals surface area contributed by atoms with Gasteiger partial charge >= 0.3 is 5.97 Å².